The maximum absolute atomic E-state index is 10.1. The van der Waals surface area contributed by atoms with Crippen LogP contribution in [0.1, 0.15) is 11.7 Å². The Morgan fingerprint density at radius 3 is 2.44 bits per heavy atom. The predicted molar refractivity (Wildman–Crippen MR) is 65.7 cm³/mol. The third kappa shape index (κ3) is 2.66. The van der Waals surface area contributed by atoms with Crippen molar-refractivity contribution in [2.75, 3.05) is 32.7 Å². The number of aliphatic hydroxyl groups excluding tert-OH is 1. The van der Waals surface area contributed by atoms with Gasteiger partial charge in [0, 0.05) is 38.3 Å². The summed E-state index contributed by atoms with van der Waals surface area (Å²) in [4.78, 5) is 2.07. The summed E-state index contributed by atoms with van der Waals surface area (Å²) in [6, 6.07) is 2.67. The first kappa shape index (κ1) is 12.9. The second-order valence-electron chi connectivity index (χ2n) is 4.44. The van der Waals surface area contributed by atoms with Crippen molar-refractivity contribution < 1.29 is 20.4 Å². The van der Waals surface area contributed by atoms with Crippen molar-refractivity contribution in [2.24, 2.45) is 0 Å². The quantitative estimate of drug-likeness (QED) is 0.477. The molecule has 5 N–H and O–H groups in total. The zero-order valence-electron chi connectivity index (χ0n) is 10.0. The molecule has 1 aliphatic rings. The monoisotopic (exact) mass is 254 g/mol. The number of hydrogen-bond acceptors (Lipinski definition) is 6. The van der Waals surface area contributed by atoms with E-state index in [2.05, 4.69) is 10.2 Å². The van der Waals surface area contributed by atoms with Crippen LogP contribution in [0, 0.1) is 0 Å². The molecule has 1 saturated heterocycles. The van der Waals surface area contributed by atoms with E-state index in [4.69, 9.17) is 0 Å². The van der Waals surface area contributed by atoms with Crippen molar-refractivity contribution >= 4 is 0 Å². The van der Waals surface area contributed by atoms with Gasteiger partial charge >= 0.3 is 0 Å². The highest BCUT2D eigenvalue weighted by Gasteiger charge is 2.20. The second-order valence-corrected chi connectivity index (χ2v) is 4.44. The van der Waals surface area contributed by atoms with Gasteiger partial charge in [0.1, 0.15) is 0 Å². The number of nitrogens with zero attached hydrogens (tertiary/aromatic N) is 1. The highest BCUT2D eigenvalue weighted by Crippen LogP contribution is 2.39. The van der Waals surface area contributed by atoms with E-state index in [-0.39, 0.29) is 5.56 Å². The standard InChI is InChI=1S/C12H18N2O4/c15-9-2-1-8(11(17)12(9)18)10(16)7-14-5-3-13-4-6-14/h1-2,10,13,15-18H,3-7H2. The summed E-state index contributed by atoms with van der Waals surface area (Å²) < 4.78 is 0. The van der Waals surface area contributed by atoms with Crippen LogP contribution < -0.4 is 5.32 Å². The molecule has 2 rings (SSSR count). The molecule has 6 nitrogen and oxygen atoms in total. The van der Waals surface area contributed by atoms with Crippen LogP contribution in [-0.2, 0) is 0 Å². The molecule has 6 heteroatoms. The average molecular weight is 254 g/mol. The minimum Gasteiger partial charge on any atom is -0.504 e. The molecular weight excluding hydrogens is 236 g/mol. The number of benzene rings is 1. The lowest BCUT2D eigenvalue weighted by Gasteiger charge is -2.29. The molecule has 0 saturated carbocycles. The van der Waals surface area contributed by atoms with Crippen LogP contribution in [-0.4, -0.2) is 58.0 Å². The van der Waals surface area contributed by atoms with Crippen molar-refractivity contribution in [1.82, 2.24) is 10.2 Å². The molecule has 0 amide bonds. The Balaban J connectivity index is 2.08. The molecule has 1 aliphatic heterocycles. The van der Waals surface area contributed by atoms with Gasteiger partial charge in [-0.05, 0) is 12.1 Å². The van der Waals surface area contributed by atoms with E-state index in [0.29, 0.717) is 6.54 Å². The van der Waals surface area contributed by atoms with Gasteiger partial charge in [-0.25, -0.2) is 0 Å². The van der Waals surface area contributed by atoms with Gasteiger partial charge < -0.3 is 25.7 Å². The van der Waals surface area contributed by atoms with Gasteiger partial charge in [0.15, 0.2) is 11.5 Å². The maximum atomic E-state index is 10.1. The smallest absolute Gasteiger partial charge is 0.200 e. The van der Waals surface area contributed by atoms with Crippen molar-refractivity contribution in [2.45, 2.75) is 6.10 Å². The zero-order valence-corrected chi connectivity index (χ0v) is 10.0. The van der Waals surface area contributed by atoms with Crippen molar-refractivity contribution in [3.05, 3.63) is 17.7 Å². The van der Waals surface area contributed by atoms with Crippen molar-refractivity contribution in [1.29, 1.82) is 0 Å². The number of aliphatic hydroxyl groups is 1. The van der Waals surface area contributed by atoms with Crippen LogP contribution in [0.3, 0.4) is 0 Å². The van der Waals surface area contributed by atoms with E-state index in [1.807, 2.05) is 0 Å². The molecule has 1 aromatic carbocycles. The van der Waals surface area contributed by atoms with Gasteiger partial charge in [0.25, 0.3) is 0 Å². The number of β-amino-alcohol motifs (C(OH)–C–C–N with tert-alkyl or cyclic N) is 1. The Bertz CT molecular complexity index is 419. The van der Waals surface area contributed by atoms with Crippen LogP contribution in [0.25, 0.3) is 0 Å². The molecular formula is C12H18N2O4. The second kappa shape index (κ2) is 5.43. The lowest BCUT2D eigenvalue weighted by atomic mass is 10.1. The lowest BCUT2D eigenvalue weighted by molar-refractivity contribution is 0.103. The van der Waals surface area contributed by atoms with Gasteiger partial charge in [-0.3, -0.25) is 4.90 Å². The molecule has 1 aromatic rings. The highest BCUT2D eigenvalue weighted by atomic mass is 16.3. The summed E-state index contributed by atoms with van der Waals surface area (Å²) >= 11 is 0. The van der Waals surface area contributed by atoms with Gasteiger partial charge in [0.05, 0.1) is 6.10 Å². The fourth-order valence-corrected chi connectivity index (χ4v) is 2.09. The van der Waals surface area contributed by atoms with E-state index < -0.39 is 23.4 Å². The summed E-state index contributed by atoms with van der Waals surface area (Å²) in [5, 5.41) is 41.6. The first-order chi connectivity index (χ1) is 8.59. The zero-order chi connectivity index (χ0) is 13.1. The molecule has 1 unspecified atom stereocenters. The summed E-state index contributed by atoms with van der Waals surface area (Å²) in [5.74, 6) is -1.45. The molecule has 100 valence electrons. The third-order valence-electron chi connectivity index (χ3n) is 3.16. The number of aromatic hydroxyl groups is 3. The van der Waals surface area contributed by atoms with E-state index in [0.717, 1.165) is 26.2 Å². The fourth-order valence-electron chi connectivity index (χ4n) is 2.09. The van der Waals surface area contributed by atoms with Crippen LogP contribution in [0.15, 0.2) is 12.1 Å². The number of nitrogens with one attached hydrogen (secondary N) is 1. The Kier molecular flexibility index (Phi) is 3.90. The average Bonchev–Trinajstić information content (AvgIpc) is 2.37. The summed E-state index contributed by atoms with van der Waals surface area (Å²) in [7, 11) is 0. The Labute approximate surface area is 105 Å². The summed E-state index contributed by atoms with van der Waals surface area (Å²) in [6.45, 7) is 3.81. The van der Waals surface area contributed by atoms with Crippen LogP contribution in [0.4, 0.5) is 0 Å². The molecule has 0 spiro atoms. The van der Waals surface area contributed by atoms with E-state index >= 15 is 0 Å². The van der Waals surface area contributed by atoms with Gasteiger partial charge in [-0.1, -0.05) is 0 Å². The van der Waals surface area contributed by atoms with Gasteiger partial charge in [-0.15, -0.1) is 0 Å². The molecule has 0 radical (unpaired) electrons. The molecule has 1 atom stereocenters. The molecule has 18 heavy (non-hydrogen) atoms. The summed E-state index contributed by atoms with van der Waals surface area (Å²) in [5.41, 5.74) is 0.226. The van der Waals surface area contributed by atoms with E-state index in [9.17, 15) is 20.4 Å². The molecule has 1 heterocycles. The number of phenols is 3. The minimum atomic E-state index is -0.894. The molecule has 0 bridgehead atoms. The molecule has 0 aromatic heterocycles. The number of phenolic OH excluding ortho intramolecular Hbond substituents is 3. The Morgan fingerprint density at radius 1 is 1.11 bits per heavy atom. The van der Waals surface area contributed by atoms with Gasteiger partial charge in [-0.2, -0.15) is 0 Å². The Morgan fingerprint density at radius 2 is 1.78 bits per heavy atom. The topological polar surface area (TPSA) is 96.2 Å². The minimum absolute atomic E-state index is 0.226. The molecule has 0 aliphatic carbocycles. The first-order valence-electron chi connectivity index (χ1n) is 5.94. The SMILES string of the molecule is Oc1ccc(C(O)CN2CCNCC2)c(O)c1O. The summed E-state index contributed by atoms with van der Waals surface area (Å²) in [6.07, 6.45) is -0.894. The molecule has 1 fully saturated rings. The lowest BCUT2D eigenvalue weighted by Crippen LogP contribution is -2.44. The van der Waals surface area contributed by atoms with Gasteiger partial charge in [0.2, 0.25) is 5.75 Å². The normalized spacial score (nSPS) is 18.7. The predicted octanol–water partition coefficient (Wildman–Crippen LogP) is -0.258. The Hall–Kier alpha value is -1.50. The van der Waals surface area contributed by atoms with Crippen LogP contribution in [0.2, 0.25) is 0 Å². The van der Waals surface area contributed by atoms with E-state index in [1.54, 1.807) is 0 Å². The highest BCUT2D eigenvalue weighted by molar-refractivity contribution is 5.53. The number of rotatable bonds is 3. The number of hydrogen-bond donors (Lipinski definition) is 5. The van der Waals surface area contributed by atoms with Crippen molar-refractivity contribution in [3.63, 3.8) is 0 Å². The first-order valence-corrected chi connectivity index (χ1v) is 5.94. The van der Waals surface area contributed by atoms with E-state index in [1.165, 1.54) is 12.1 Å². The van der Waals surface area contributed by atoms with Crippen LogP contribution >= 0.6 is 0 Å². The maximum Gasteiger partial charge on any atom is 0.200 e. The largest absolute Gasteiger partial charge is 0.504 e. The van der Waals surface area contributed by atoms with Crippen molar-refractivity contribution in [3.8, 4) is 17.2 Å². The number of piperazine rings is 1. The fraction of sp³-hybridized carbons (Fsp3) is 0.500. The third-order valence-corrected chi connectivity index (χ3v) is 3.16. The van der Waals surface area contributed by atoms with Crippen LogP contribution in [0.5, 0.6) is 17.2 Å².